The lowest BCUT2D eigenvalue weighted by molar-refractivity contribution is -0.0800. The number of fused-ring (bicyclic) bond motifs is 1. The van der Waals surface area contributed by atoms with Crippen LogP contribution in [-0.2, 0) is 4.84 Å². The number of ether oxygens (including phenoxy) is 1. The van der Waals surface area contributed by atoms with Gasteiger partial charge in [0, 0.05) is 0 Å². The molecule has 0 spiro atoms. The molecule has 0 N–H and O–H groups in total. The maximum atomic E-state index is 12.1. The Labute approximate surface area is 133 Å². The maximum Gasteiger partial charge on any atom is 0.285 e. The molecule has 0 fully saturated rings. The second-order valence-electron chi connectivity index (χ2n) is 4.92. The molecule has 0 unspecified atom stereocenters. The highest BCUT2D eigenvalue weighted by Crippen LogP contribution is 2.22. The van der Waals surface area contributed by atoms with E-state index in [-0.39, 0.29) is 6.61 Å². The Morgan fingerprint density at radius 1 is 0.957 bits per heavy atom. The van der Waals surface area contributed by atoms with Gasteiger partial charge in [-0.1, -0.05) is 36.4 Å². The summed E-state index contributed by atoms with van der Waals surface area (Å²) in [5.74, 6) is -0.0729. The van der Waals surface area contributed by atoms with Crippen LogP contribution in [0.25, 0.3) is 6.08 Å². The summed E-state index contributed by atoms with van der Waals surface area (Å²) in [7, 11) is 1.61. The van der Waals surface area contributed by atoms with Gasteiger partial charge in [-0.2, -0.15) is 0 Å². The smallest absolute Gasteiger partial charge is 0.285 e. The van der Waals surface area contributed by atoms with Crippen molar-refractivity contribution in [1.29, 1.82) is 0 Å². The van der Waals surface area contributed by atoms with E-state index in [1.54, 1.807) is 37.5 Å². The number of imide groups is 1. The van der Waals surface area contributed by atoms with Gasteiger partial charge in [-0.05, 0) is 29.8 Å². The summed E-state index contributed by atoms with van der Waals surface area (Å²) in [6.07, 6.45) is 3.59. The average molecular weight is 309 g/mol. The number of hydroxylamine groups is 2. The van der Waals surface area contributed by atoms with Crippen molar-refractivity contribution in [2.75, 3.05) is 13.7 Å². The number of hydrogen-bond donors (Lipinski definition) is 0. The van der Waals surface area contributed by atoms with Crippen LogP contribution in [0.3, 0.4) is 0 Å². The van der Waals surface area contributed by atoms with Gasteiger partial charge >= 0.3 is 0 Å². The minimum absolute atomic E-state index is 0.123. The third-order valence-corrected chi connectivity index (χ3v) is 3.48. The third kappa shape index (κ3) is 3.00. The number of rotatable bonds is 5. The lowest BCUT2D eigenvalue weighted by atomic mass is 10.1. The molecule has 2 aromatic carbocycles. The van der Waals surface area contributed by atoms with E-state index in [1.165, 1.54) is 0 Å². The molecule has 116 valence electrons. The number of nitrogens with zero attached hydrogens (tertiary/aromatic N) is 1. The van der Waals surface area contributed by atoms with Crippen molar-refractivity contribution in [2.24, 2.45) is 0 Å². The quantitative estimate of drug-likeness (QED) is 0.797. The fourth-order valence-corrected chi connectivity index (χ4v) is 2.30. The average Bonchev–Trinajstić information content (AvgIpc) is 2.84. The van der Waals surface area contributed by atoms with Gasteiger partial charge in [0.05, 0.1) is 24.8 Å². The molecule has 0 bridgehead atoms. The Bertz CT molecular complexity index is 730. The van der Waals surface area contributed by atoms with Crippen molar-refractivity contribution >= 4 is 17.9 Å². The first-order chi connectivity index (χ1) is 11.2. The Balaban J connectivity index is 1.60. The van der Waals surface area contributed by atoms with Crippen LogP contribution >= 0.6 is 0 Å². The van der Waals surface area contributed by atoms with Crippen LogP contribution < -0.4 is 4.74 Å². The number of carbonyl (C=O) groups is 2. The van der Waals surface area contributed by atoms with Gasteiger partial charge in [0.2, 0.25) is 0 Å². The zero-order chi connectivity index (χ0) is 16.2. The third-order valence-electron chi connectivity index (χ3n) is 3.48. The summed E-state index contributed by atoms with van der Waals surface area (Å²) < 4.78 is 5.09. The molecular weight excluding hydrogens is 294 g/mol. The molecule has 3 rings (SSSR count). The molecule has 5 nitrogen and oxygen atoms in total. The van der Waals surface area contributed by atoms with E-state index in [9.17, 15) is 9.59 Å². The standard InChI is InChI=1S/C18H15NO4/c1-22-14-10-8-13(9-11-14)5-4-12-23-19-17(20)15-6-2-3-7-16(15)18(19)21/h2-11H,12H2,1H3/b5-4+. The van der Waals surface area contributed by atoms with Crippen molar-refractivity contribution in [3.63, 3.8) is 0 Å². The molecular formula is C18H15NO4. The van der Waals surface area contributed by atoms with Gasteiger partial charge in [-0.25, -0.2) is 0 Å². The van der Waals surface area contributed by atoms with Crippen LogP contribution in [0, 0.1) is 0 Å². The largest absolute Gasteiger partial charge is 0.497 e. The zero-order valence-electron chi connectivity index (χ0n) is 12.6. The van der Waals surface area contributed by atoms with E-state index in [0.717, 1.165) is 16.4 Å². The fourth-order valence-electron chi connectivity index (χ4n) is 2.30. The molecule has 0 aliphatic carbocycles. The first-order valence-corrected chi connectivity index (χ1v) is 7.12. The lowest BCUT2D eigenvalue weighted by Gasteiger charge is -2.11. The van der Waals surface area contributed by atoms with Crippen LogP contribution in [0.5, 0.6) is 5.75 Å². The van der Waals surface area contributed by atoms with Crippen molar-refractivity contribution in [3.05, 3.63) is 71.3 Å². The Morgan fingerprint density at radius 2 is 1.57 bits per heavy atom. The summed E-state index contributed by atoms with van der Waals surface area (Å²) in [6.45, 7) is 0.123. The van der Waals surface area contributed by atoms with Crippen LogP contribution in [0.1, 0.15) is 26.3 Å². The Morgan fingerprint density at radius 3 is 2.13 bits per heavy atom. The van der Waals surface area contributed by atoms with Crippen molar-refractivity contribution in [1.82, 2.24) is 5.06 Å². The molecule has 0 saturated heterocycles. The van der Waals surface area contributed by atoms with E-state index in [4.69, 9.17) is 9.57 Å². The van der Waals surface area contributed by atoms with Gasteiger partial charge < -0.3 is 4.74 Å². The second kappa shape index (κ2) is 6.46. The van der Waals surface area contributed by atoms with Crippen LogP contribution in [0.15, 0.2) is 54.6 Å². The van der Waals surface area contributed by atoms with Crippen LogP contribution in [0.2, 0.25) is 0 Å². The number of carbonyl (C=O) groups excluding carboxylic acids is 2. The van der Waals surface area contributed by atoms with E-state index in [0.29, 0.717) is 11.1 Å². The summed E-state index contributed by atoms with van der Waals surface area (Å²) in [5, 5.41) is 0.809. The number of methoxy groups -OCH3 is 1. The second-order valence-corrected chi connectivity index (χ2v) is 4.92. The van der Waals surface area contributed by atoms with E-state index in [2.05, 4.69) is 0 Å². The van der Waals surface area contributed by atoms with Gasteiger partial charge in [-0.15, -0.1) is 5.06 Å². The maximum absolute atomic E-state index is 12.1. The van der Waals surface area contributed by atoms with Crippen LogP contribution in [0.4, 0.5) is 0 Å². The molecule has 0 atom stereocenters. The van der Waals surface area contributed by atoms with Crippen LogP contribution in [-0.4, -0.2) is 30.6 Å². The molecule has 0 radical (unpaired) electrons. The molecule has 2 amide bonds. The summed E-state index contributed by atoms with van der Waals surface area (Å²) >= 11 is 0. The molecule has 0 aromatic heterocycles. The number of hydrogen-bond acceptors (Lipinski definition) is 4. The SMILES string of the molecule is COc1ccc(/C=C/CON2C(=O)c3ccccc3C2=O)cc1. The van der Waals surface area contributed by atoms with Gasteiger partial charge in [0.25, 0.3) is 11.8 Å². The van der Waals surface area contributed by atoms with E-state index < -0.39 is 11.8 Å². The van der Waals surface area contributed by atoms with Gasteiger partial charge in [0.15, 0.2) is 0 Å². The highest BCUT2D eigenvalue weighted by atomic mass is 16.7. The van der Waals surface area contributed by atoms with E-state index in [1.807, 2.05) is 30.3 Å². The predicted octanol–water partition coefficient (Wildman–Crippen LogP) is 2.94. The minimum atomic E-state index is -0.427. The molecule has 1 heterocycles. The van der Waals surface area contributed by atoms with Crippen molar-refractivity contribution in [3.8, 4) is 5.75 Å². The lowest BCUT2D eigenvalue weighted by Crippen LogP contribution is -2.29. The summed E-state index contributed by atoms with van der Waals surface area (Å²) in [6, 6.07) is 14.2. The monoisotopic (exact) mass is 309 g/mol. The van der Waals surface area contributed by atoms with Crippen molar-refractivity contribution < 1.29 is 19.2 Å². The topological polar surface area (TPSA) is 55.8 Å². The Kier molecular flexibility index (Phi) is 4.21. The molecule has 23 heavy (non-hydrogen) atoms. The van der Waals surface area contributed by atoms with E-state index >= 15 is 0 Å². The van der Waals surface area contributed by atoms with Gasteiger partial charge in [-0.3, -0.25) is 14.4 Å². The Hall–Kier alpha value is -2.92. The minimum Gasteiger partial charge on any atom is -0.497 e. The predicted molar refractivity (Wildman–Crippen MR) is 84.9 cm³/mol. The first kappa shape index (κ1) is 15.0. The molecule has 5 heteroatoms. The summed E-state index contributed by atoms with van der Waals surface area (Å²) in [5.41, 5.74) is 1.71. The number of amides is 2. The summed E-state index contributed by atoms with van der Waals surface area (Å²) in [4.78, 5) is 29.5. The normalized spacial score (nSPS) is 13.7. The molecule has 2 aromatic rings. The molecule has 0 saturated carbocycles. The highest BCUT2D eigenvalue weighted by Gasteiger charge is 2.36. The van der Waals surface area contributed by atoms with Crippen molar-refractivity contribution in [2.45, 2.75) is 0 Å². The fraction of sp³-hybridized carbons (Fsp3) is 0.111. The highest BCUT2D eigenvalue weighted by molar-refractivity contribution is 6.20. The molecule has 1 aliphatic rings. The zero-order valence-corrected chi connectivity index (χ0v) is 12.6. The van der Waals surface area contributed by atoms with Gasteiger partial charge in [0.1, 0.15) is 5.75 Å². The first-order valence-electron chi connectivity index (χ1n) is 7.12. The number of benzene rings is 2. The molecule has 1 aliphatic heterocycles.